The molecule has 0 spiro atoms. The van der Waals surface area contributed by atoms with Gasteiger partial charge in [-0.2, -0.15) is 18.2 Å². The van der Waals surface area contributed by atoms with E-state index in [1.807, 2.05) is 24.3 Å². The van der Waals surface area contributed by atoms with Gasteiger partial charge in [0, 0.05) is 27.2 Å². The van der Waals surface area contributed by atoms with Gasteiger partial charge in [-0.3, -0.25) is 4.85 Å². The van der Waals surface area contributed by atoms with Gasteiger partial charge in [-0.05, 0) is 12.1 Å². The molecule has 3 rings (SSSR count). The molecule has 0 aromatic heterocycles. The van der Waals surface area contributed by atoms with E-state index in [4.69, 9.17) is 6.57 Å². The normalized spacial score (nSPS) is 12.0. The number of anilines is 3. The SMILES string of the molecule is [C-]#[N+]c1cc[c-]c(N2CN(C)c3ccccc32)c1.[CH3-].[Ir]. The van der Waals surface area contributed by atoms with Crippen LogP contribution < -0.4 is 9.80 Å². The van der Waals surface area contributed by atoms with Crippen molar-refractivity contribution in [2.45, 2.75) is 0 Å². The first-order chi connectivity index (χ1) is 8.79. The van der Waals surface area contributed by atoms with Crippen molar-refractivity contribution in [2.24, 2.45) is 0 Å². The van der Waals surface area contributed by atoms with Gasteiger partial charge in [-0.1, -0.05) is 17.8 Å². The minimum absolute atomic E-state index is 0. The predicted octanol–water partition coefficient (Wildman–Crippen LogP) is 4.03. The van der Waals surface area contributed by atoms with E-state index in [0.29, 0.717) is 5.69 Å². The fraction of sp³-hybridized carbons (Fsp3) is 0.125. The zero-order chi connectivity index (χ0) is 12.5. The maximum absolute atomic E-state index is 7.08. The van der Waals surface area contributed by atoms with Gasteiger partial charge in [-0.15, -0.1) is 6.07 Å². The number of hydrogen-bond acceptors (Lipinski definition) is 2. The largest absolute Gasteiger partial charge is 0.358 e. The maximum Gasteiger partial charge on any atom is 0.0926 e. The van der Waals surface area contributed by atoms with Crippen LogP contribution in [0.4, 0.5) is 22.7 Å². The Labute approximate surface area is 134 Å². The van der Waals surface area contributed by atoms with Gasteiger partial charge >= 0.3 is 0 Å². The molecule has 105 valence electrons. The Kier molecular flexibility index (Phi) is 5.33. The number of benzene rings is 2. The van der Waals surface area contributed by atoms with Crippen LogP contribution in [0.2, 0.25) is 0 Å². The van der Waals surface area contributed by atoms with Crippen LogP contribution in [0.15, 0.2) is 42.5 Å². The third-order valence-electron chi connectivity index (χ3n) is 3.13. The number of fused-ring (bicyclic) bond motifs is 1. The average Bonchev–Trinajstić information content (AvgIpc) is 2.77. The summed E-state index contributed by atoms with van der Waals surface area (Å²) in [4.78, 5) is 7.83. The summed E-state index contributed by atoms with van der Waals surface area (Å²) >= 11 is 0. The summed E-state index contributed by atoms with van der Waals surface area (Å²) < 4.78 is 0. The Morgan fingerprint density at radius 1 is 1.20 bits per heavy atom. The minimum atomic E-state index is 0. The number of rotatable bonds is 1. The molecule has 1 aliphatic rings. The van der Waals surface area contributed by atoms with E-state index in [2.05, 4.69) is 39.9 Å². The van der Waals surface area contributed by atoms with Crippen LogP contribution >= 0.6 is 0 Å². The molecule has 0 N–H and O–H groups in total. The molecule has 3 nitrogen and oxygen atoms in total. The van der Waals surface area contributed by atoms with Crippen molar-refractivity contribution in [3.63, 3.8) is 0 Å². The number of hydrogen-bond donors (Lipinski definition) is 0. The Morgan fingerprint density at radius 3 is 2.60 bits per heavy atom. The van der Waals surface area contributed by atoms with E-state index in [0.717, 1.165) is 12.4 Å². The van der Waals surface area contributed by atoms with Gasteiger partial charge in [0.05, 0.1) is 30.3 Å². The van der Waals surface area contributed by atoms with Crippen molar-refractivity contribution >= 4 is 22.7 Å². The van der Waals surface area contributed by atoms with Gasteiger partial charge in [0.1, 0.15) is 0 Å². The summed E-state index contributed by atoms with van der Waals surface area (Å²) in [5.74, 6) is 0. The van der Waals surface area contributed by atoms with E-state index < -0.39 is 0 Å². The monoisotopic (exact) mass is 442 g/mol. The Morgan fingerprint density at radius 2 is 1.90 bits per heavy atom. The smallest absolute Gasteiger partial charge is 0.0926 e. The fourth-order valence-electron chi connectivity index (χ4n) is 2.25. The van der Waals surface area contributed by atoms with E-state index >= 15 is 0 Å². The van der Waals surface area contributed by atoms with Crippen molar-refractivity contribution in [3.8, 4) is 0 Å². The predicted molar refractivity (Wildman–Crippen MR) is 79.8 cm³/mol. The zero-order valence-electron chi connectivity index (χ0n) is 11.4. The Bertz CT molecular complexity index is 634. The molecule has 1 radical (unpaired) electrons. The summed E-state index contributed by atoms with van der Waals surface area (Å²) in [5, 5.41) is 0. The van der Waals surface area contributed by atoms with Crippen LogP contribution in [0.25, 0.3) is 4.85 Å². The van der Waals surface area contributed by atoms with Crippen molar-refractivity contribution in [1.82, 2.24) is 0 Å². The Balaban J connectivity index is 0.000001000. The second kappa shape index (κ2) is 6.56. The molecule has 1 heterocycles. The molecular formula is C16H15IrN3-2. The average molecular weight is 442 g/mol. The molecule has 0 bridgehead atoms. The first-order valence-corrected chi connectivity index (χ1v) is 5.76. The van der Waals surface area contributed by atoms with E-state index in [1.54, 1.807) is 6.07 Å². The molecule has 2 aromatic carbocycles. The minimum Gasteiger partial charge on any atom is -0.358 e. The zero-order valence-corrected chi connectivity index (χ0v) is 13.8. The fourth-order valence-corrected chi connectivity index (χ4v) is 2.25. The molecule has 0 unspecified atom stereocenters. The van der Waals surface area contributed by atoms with Crippen LogP contribution in [0.5, 0.6) is 0 Å². The quantitative estimate of drug-likeness (QED) is 0.619. The van der Waals surface area contributed by atoms with Gasteiger partial charge in [0.25, 0.3) is 0 Å². The number of para-hydroxylation sites is 2. The molecule has 0 amide bonds. The van der Waals surface area contributed by atoms with Crippen molar-refractivity contribution in [2.75, 3.05) is 23.5 Å². The molecule has 4 heteroatoms. The van der Waals surface area contributed by atoms with Gasteiger partial charge in [-0.25, -0.2) is 0 Å². The maximum atomic E-state index is 7.08. The van der Waals surface area contributed by atoms with Crippen LogP contribution in [0.1, 0.15) is 0 Å². The molecule has 1 aliphatic heterocycles. The van der Waals surface area contributed by atoms with Crippen LogP contribution in [-0.2, 0) is 20.1 Å². The summed E-state index contributed by atoms with van der Waals surface area (Å²) in [6.45, 7) is 7.87. The summed E-state index contributed by atoms with van der Waals surface area (Å²) in [6, 6.07) is 16.9. The van der Waals surface area contributed by atoms with Crippen LogP contribution in [0, 0.1) is 20.1 Å². The van der Waals surface area contributed by atoms with Gasteiger partial charge in [0.15, 0.2) is 0 Å². The molecular weight excluding hydrogens is 426 g/mol. The first-order valence-electron chi connectivity index (χ1n) is 5.76. The second-order valence-corrected chi connectivity index (χ2v) is 4.30. The first kappa shape index (κ1) is 16.2. The third-order valence-corrected chi connectivity index (χ3v) is 3.13. The standard InChI is InChI=1S/C15H12N3.CH3.Ir/c1-16-12-6-5-7-13(10-12)18-11-17(2)14-8-3-4-9-15(14)18;;/h3-6,8-10H,11H2,2H3;1H3;/q2*-1;. The molecule has 0 atom stereocenters. The molecule has 0 fully saturated rings. The molecule has 0 aliphatic carbocycles. The molecule has 0 saturated carbocycles. The Hall–Kier alpha value is -1.82. The van der Waals surface area contributed by atoms with Crippen molar-refractivity contribution in [1.29, 1.82) is 0 Å². The summed E-state index contributed by atoms with van der Waals surface area (Å²) in [6.07, 6.45) is 0. The van der Waals surface area contributed by atoms with E-state index in [-0.39, 0.29) is 27.5 Å². The van der Waals surface area contributed by atoms with Crippen molar-refractivity contribution in [3.05, 3.63) is 67.4 Å². The summed E-state index contributed by atoms with van der Waals surface area (Å²) in [7, 11) is 2.07. The van der Waals surface area contributed by atoms with Gasteiger partial charge < -0.3 is 17.2 Å². The second-order valence-electron chi connectivity index (χ2n) is 4.30. The van der Waals surface area contributed by atoms with Crippen molar-refractivity contribution < 1.29 is 20.1 Å². The van der Waals surface area contributed by atoms with Crippen LogP contribution in [-0.4, -0.2) is 13.7 Å². The topological polar surface area (TPSA) is 10.8 Å². The van der Waals surface area contributed by atoms with E-state index in [1.165, 1.54) is 11.4 Å². The van der Waals surface area contributed by atoms with Gasteiger partial charge in [0.2, 0.25) is 0 Å². The molecule has 20 heavy (non-hydrogen) atoms. The molecule has 0 saturated heterocycles. The van der Waals surface area contributed by atoms with Crippen LogP contribution in [0.3, 0.4) is 0 Å². The third kappa shape index (κ3) is 2.70. The molecule has 2 aromatic rings. The summed E-state index contributed by atoms with van der Waals surface area (Å²) in [5.41, 5.74) is 3.97. The van der Waals surface area contributed by atoms with E-state index in [9.17, 15) is 0 Å². The number of nitrogens with zero attached hydrogens (tertiary/aromatic N) is 3.